The second-order valence-electron chi connectivity index (χ2n) is 28.7. The summed E-state index contributed by atoms with van der Waals surface area (Å²) < 4.78 is 65.1. The van der Waals surface area contributed by atoms with Gasteiger partial charge in [0.05, 0.1) is 13.2 Å². The lowest BCUT2D eigenvalue weighted by molar-refractivity contribution is -0.360. The van der Waals surface area contributed by atoms with Crippen LogP contribution in [0.2, 0.25) is 0 Å². The Morgan fingerprint density at radius 1 is 0.384 bits per heavy atom. The molecule has 19 atom stereocenters. The average molecular weight is 1440 g/mol. The second-order valence-corrected chi connectivity index (χ2v) is 30.1. The Hall–Kier alpha value is -2.04. The van der Waals surface area contributed by atoms with E-state index < -0.39 is 156 Å². The molecule has 24 nitrogen and oxygen atoms in total. The number of hydrogen-bond donors (Lipinski definition) is 11. The topological polar surface area (TPSA) is 374 Å². The Morgan fingerprint density at radius 3 is 1.09 bits per heavy atom. The maximum Gasteiger partial charge on any atom is 0.472 e. The molecule has 1 saturated carbocycles. The zero-order chi connectivity index (χ0) is 72.6. The SMILES string of the molecule is CCCCCCCCCCCCCCCCCCCC(=O)OCC1OC(OC2C(O)C(O)C(O)C(OC3OC(CO)C(O)C(O)C3O)C2OP(=O)(O)OCC(COC(=O)CCCCCCCCCCCCC)OC(=O)CCCCCCCCC(C)CCCCCCCC)C(O)C(O)C1O. The number of aliphatic hydroxyl groups excluding tert-OH is 10. The molecular formula is C74H139O24P. The van der Waals surface area contributed by atoms with Gasteiger partial charge in [0.1, 0.15) is 98.7 Å². The van der Waals surface area contributed by atoms with E-state index >= 15 is 0 Å². The van der Waals surface area contributed by atoms with Gasteiger partial charge in [0.2, 0.25) is 0 Å². The van der Waals surface area contributed by atoms with Gasteiger partial charge in [-0.3, -0.25) is 23.4 Å². The first-order chi connectivity index (χ1) is 47.7. The summed E-state index contributed by atoms with van der Waals surface area (Å²) in [5.41, 5.74) is 0. The van der Waals surface area contributed by atoms with E-state index in [0.29, 0.717) is 25.2 Å². The van der Waals surface area contributed by atoms with Crippen LogP contribution in [0.15, 0.2) is 0 Å². The molecule has 25 heteroatoms. The Bertz CT molecular complexity index is 2060. The van der Waals surface area contributed by atoms with E-state index in [4.69, 9.17) is 42.2 Å². The summed E-state index contributed by atoms with van der Waals surface area (Å²) in [6, 6.07) is 0. The summed E-state index contributed by atoms with van der Waals surface area (Å²) in [7, 11) is -5.69. The molecule has 19 unspecified atom stereocenters. The van der Waals surface area contributed by atoms with E-state index in [1.807, 2.05) is 0 Å². The van der Waals surface area contributed by atoms with Crippen LogP contribution in [-0.4, -0.2) is 204 Å². The summed E-state index contributed by atoms with van der Waals surface area (Å²) in [6.45, 7) is 5.79. The molecule has 1 aliphatic carbocycles. The third-order valence-corrected chi connectivity index (χ3v) is 20.8. The maximum atomic E-state index is 14.3. The molecule has 0 aromatic carbocycles. The molecule has 3 aliphatic rings. The zero-order valence-electron chi connectivity index (χ0n) is 61.2. The van der Waals surface area contributed by atoms with Gasteiger partial charge in [0.25, 0.3) is 0 Å². The standard InChI is InChI=1S/C74H139O24P/c1-5-8-11-14-17-19-21-22-23-24-25-26-28-30-32-38-43-48-59(77)91-53-57-62(80)64(82)69(87)74(95-57)97-71-67(85)65(83)66(84)70(96-73-68(86)63(81)61(79)56(50-75)94-73)72(71)98-99(88,89)92-52-55(51-90-58(76)47-42-37-31-29-27-20-18-15-12-9-6-2)93-60(78)49-44-39-34-33-36-41-46-54(4)45-40-35-16-13-10-7-3/h54-57,61-75,79-87H,5-53H2,1-4H3,(H,88,89). The van der Waals surface area contributed by atoms with Crippen molar-refractivity contribution in [1.82, 2.24) is 0 Å². The Kier molecular flexibility index (Phi) is 51.0. The Balaban J connectivity index is 1.71. The molecule has 0 radical (unpaired) electrons. The van der Waals surface area contributed by atoms with Crippen molar-refractivity contribution in [3.8, 4) is 0 Å². The first-order valence-corrected chi connectivity index (χ1v) is 40.7. The Morgan fingerprint density at radius 2 is 0.707 bits per heavy atom. The minimum Gasteiger partial charge on any atom is -0.463 e. The predicted octanol–water partition coefficient (Wildman–Crippen LogP) is 11.2. The first-order valence-electron chi connectivity index (χ1n) is 39.2. The molecule has 0 bridgehead atoms. The number of phosphoric ester groups is 1. The van der Waals surface area contributed by atoms with Gasteiger partial charge in [0, 0.05) is 19.3 Å². The highest BCUT2D eigenvalue weighted by atomic mass is 31.2. The minimum atomic E-state index is -5.69. The van der Waals surface area contributed by atoms with Gasteiger partial charge in [0.15, 0.2) is 18.7 Å². The number of rotatable bonds is 61. The number of aliphatic hydroxyl groups is 10. The van der Waals surface area contributed by atoms with Crippen LogP contribution in [0.25, 0.3) is 0 Å². The van der Waals surface area contributed by atoms with Gasteiger partial charge in [-0.2, -0.15) is 0 Å². The van der Waals surface area contributed by atoms with Crippen LogP contribution < -0.4 is 0 Å². The molecule has 2 aliphatic heterocycles. The molecule has 3 fully saturated rings. The van der Waals surface area contributed by atoms with Gasteiger partial charge < -0.3 is 89.1 Å². The molecule has 0 amide bonds. The van der Waals surface area contributed by atoms with E-state index in [1.165, 1.54) is 154 Å². The number of ether oxygens (including phenoxy) is 7. The van der Waals surface area contributed by atoms with Crippen LogP contribution in [0.1, 0.15) is 317 Å². The minimum absolute atomic E-state index is 0.0338. The maximum absolute atomic E-state index is 14.3. The lowest BCUT2D eigenvalue weighted by atomic mass is 9.84. The number of phosphoric acid groups is 1. The highest BCUT2D eigenvalue weighted by Crippen LogP contribution is 2.49. The Labute approximate surface area is 593 Å². The summed E-state index contributed by atoms with van der Waals surface area (Å²) in [6.07, 6.45) is 11.7. The van der Waals surface area contributed by atoms with Crippen molar-refractivity contribution < 1.29 is 117 Å². The molecule has 584 valence electrons. The van der Waals surface area contributed by atoms with Crippen molar-refractivity contribution >= 4 is 25.7 Å². The molecule has 3 rings (SSSR count). The van der Waals surface area contributed by atoms with Crippen molar-refractivity contribution in [3.63, 3.8) is 0 Å². The summed E-state index contributed by atoms with van der Waals surface area (Å²) in [5.74, 6) is -1.29. The number of hydrogen-bond acceptors (Lipinski definition) is 23. The monoisotopic (exact) mass is 1440 g/mol. The molecule has 2 heterocycles. The van der Waals surface area contributed by atoms with Crippen molar-refractivity contribution in [3.05, 3.63) is 0 Å². The van der Waals surface area contributed by atoms with Gasteiger partial charge in [-0.25, -0.2) is 4.57 Å². The molecular weight excluding hydrogens is 1300 g/mol. The number of carbonyl (C=O) groups excluding carboxylic acids is 3. The van der Waals surface area contributed by atoms with E-state index in [-0.39, 0.29) is 19.3 Å². The van der Waals surface area contributed by atoms with Crippen molar-refractivity contribution in [1.29, 1.82) is 0 Å². The van der Waals surface area contributed by atoms with Crippen molar-refractivity contribution in [2.45, 2.75) is 421 Å². The van der Waals surface area contributed by atoms with E-state index in [1.54, 1.807) is 0 Å². The fourth-order valence-electron chi connectivity index (χ4n) is 13.3. The predicted molar refractivity (Wildman–Crippen MR) is 375 cm³/mol. The lowest BCUT2D eigenvalue weighted by Gasteiger charge is -2.49. The fourth-order valence-corrected chi connectivity index (χ4v) is 14.3. The number of esters is 3. The molecule has 0 aromatic heterocycles. The second kappa shape index (κ2) is 55.4. The highest BCUT2D eigenvalue weighted by molar-refractivity contribution is 7.47. The third-order valence-electron chi connectivity index (χ3n) is 19.8. The van der Waals surface area contributed by atoms with E-state index in [2.05, 4.69) is 27.7 Å². The quantitative estimate of drug-likeness (QED) is 0.0117. The van der Waals surface area contributed by atoms with Crippen LogP contribution in [-0.2, 0) is 61.2 Å². The summed E-state index contributed by atoms with van der Waals surface area (Å²) in [5, 5.41) is 110. The van der Waals surface area contributed by atoms with Gasteiger partial charge in [-0.15, -0.1) is 0 Å². The van der Waals surface area contributed by atoms with Gasteiger partial charge in [-0.05, 0) is 25.2 Å². The summed E-state index contributed by atoms with van der Waals surface area (Å²) in [4.78, 5) is 51.1. The third kappa shape index (κ3) is 38.7. The van der Waals surface area contributed by atoms with Gasteiger partial charge in [-0.1, -0.05) is 278 Å². The largest absolute Gasteiger partial charge is 0.472 e. The molecule has 11 N–H and O–H groups in total. The molecule has 0 aromatic rings. The van der Waals surface area contributed by atoms with Crippen molar-refractivity contribution in [2.24, 2.45) is 5.92 Å². The van der Waals surface area contributed by atoms with E-state index in [9.17, 15) is 74.9 Å². The normalized spacial score (nSPS) is 27.7. The zero-order valence-corrected chi connectivity index (χ0v) is 62.1. The number of unbranched alkanes of at least 4 members (excludes halogenated alkanes) is 36. The first kappa shape index (κ1) is 91.2. The van der Waals surface area contributed by atoms with Crippen molar-refractivity contribution in [2.75, 3.05) is 26.4 Å². The van der Waals surface area contributed by atoms with Gasteiger partial charge >= 0.3 is 25.7 Å². The molecule has 99 heavy (non-hydrogen) atoms. The summed E-state index contributed by atoms with van der Waals surface area (Å²) >= 11 is 0. The molecule has 2 saturated heterocycles. The fraction of sp³-hybridized carbons (Fsp3) is 0.959. The lowest BCUT2D eigenvalue weighted by Crippen LogP contribution is -2.69. The van der Waals surface area contributed by atoms with E-state index in [0.717, 1.165) is 96.3 Å². The smallest absolute Gasteiger partial charge is 0.463 e. The number of carbonyl (C=O) groups is 3. The van der Waals surface area contributed by atoms with Crippen LogP contribution >= 0.6 is 7.82 Å². The van der Waals surface area contributed by atoms with Crippen LogP contribution in [0.3, 0.4) is 0 Å². The average Bonchev–Trinajstić information content (AvgIpc) is 0.766. The molecule has 0 spiro atoms. The van der Waals surface area contributed by atoms with Crippen LogP contribution in [0.5, 0.6) is 0 Å². The van der Waals surface area contributed by atoms with Crippen LogP contribution in [0.4, 0.5) is 0 Å². The van der Waals surface area contributed by atoms with Crippen LogP contribution in [0, 0.1) is 5.92 Å². The highest BCUT2D eigenvalue weighted by Gasteiger charge is 2.58.